The first-order chi connectivity index (χ1) is 9.58. The topological polar surface area (TPSA) is 78.9 Å². The number of hydrogen-bond acceptors (Lipinski definition) is 3. The van der Waals surface area contributed by atoms with E-state index in [0.717, 1.165) is 32.1 Å². The molecule has 1 saturated heterocycles. The van der Waals surface area contributed by atoms with Crippen molar-refractivity contribution in [3.63, 3.8) is 0 Å². The Bertz CT molecular complexity index is 355. The maximum Gasteiger partial charge on any atom is 0.317 e. The van der Waals surface area contributed by atoms with E-state index < -0.39 is 5.97 Å². The van der Waals surface area contributed by atoms with Crippen LogP contribution < -0.4 is 5.32 Å². The van der Waals surface area contributed by atoms with E-state index in [-0.39, 0.29) is 24.0 Å². The van der Waals surface area contributed by atoms with E-state index in [1.807, 2.05) is 7.05 Å². The molecule has 2 rings (SSSR count). The van der Waals surface area contributed by atoms with Gasteiger partial charge in [0.05, 0.1) is 5.92 Å². The van der Waals surface area contributed by atoms with Crippen LogP contribution in [0.4, 0.5) is 4.79 Å². The molecule has 1 heterocycles. The molecule has 0 aromatic rings. The minimum atomic E-state index is -0.748. The number of carboxylic acids is 1. The number of ether oxygens (including phenoxy) is 1. The third kappa shape index (κ3) is 3.85. The third-order valence-corrected chi connectivity index (χ3v) is 4.41. The molecule has 0 radical (unpaired) electrons. The Hall–Kier alpha value is -1.30. The highest BCUT2D eigenvalue weighted by molar-refractivity contribution is 5.75. The molecular weight excluding hydrogens is 260 g/mol. The molecule has 0 spiro atoms. The monoisotopic (exact) mass is 284 g/mol. The van der Waals surface area contributed by atoms with Gasteiger partial charge in [-0.2, -0.15) is 0 Å². The summed E-state index contributed by atoms with van der Waals surface area (Å²) in [5.41, 5.74) is 0. The number of nitrogens with zero attached hydrogens (tertiary/aromatic N) is 1. The smallest absolute Gasteiger partial charge is 0.317 e. The zero-order chi connectivity index (χ0) is 14.5. The summed E-state index contributed by atoms with van der Waals surface area (Å²) in [5, 5.41) is 12.0. The Morgan fingerprint density at radius 3 is 2.55 bits per heavy atom. The molecule has 1 aliphatic heterocycles. The molecule has 1 saturated carbocycles. The van der Waals surface area contributed by atoms with E-state index in [1.54, 1.807) is 4.90 Å². The van der Waals surface area contributed by atoms with Gasteiger partial charge in [-0.3, -0.25) is 4.79 Å². The van der Waals surface area contributed by atoms with E-state index in [9.17, 15) is 9.59 Å². The van der Waals surface area contributed by atoms with Crippen molar-refractivity contribution >= 4 is 12.0 Å². The van der Waals surface area contributed by atoms with Crippen molar-refractivity contribution in [2.45, 2.75) is 50.6 Å². The van der Waals surface area contributed by atoms with E-state index >= 15 is 0 Å². The van der Waals surface area contributed by atoms with E-state index in [2.05, 4.69) is 5.32 Å². The minimum absolute atomic E-state index is 0.0142. The van der Waals surface area contributed by atoms with Gasteiger partial charge in [-0.25, -0.2) is 4.79 Å². The van der Waals surface area contributed by atoms with Gasteiger partial charge in [-0.15, -0.1) is 0 Å². The molecule has 2 amide bonds. The molecule has 0 aromatic heterocycles. The minimum Gasteiger partial charge on any atom is -0.481 e. The number of hydrogen-bond donors (Lipinski definition) is 2. The quantitative estimate of drug-likeness (QED) is 0.822. The first-order valence-corrected chi connectivity index (χ1v) is 7.42. The zero-order valence-electron chi connectivity index (χ0n) is 12.0. The van der Waals surface area contributed by atoms with Gasteiger partial charge >= 0.3 is 12.0 Å². The van der Waals surface area contributed by atoms with Crippen LogP contribution in [0.2, 0.25) is 0 Å². The van der Waals surface area contributed by atoms with Crippen LogP contribution in [0.3, 0.4) is 0 Å². The molecule has 2 atom stereocenters. The number of urea groups is 1. The normalized spacial score (nSPS) is 27.9. The molecule has 0 bridgehead atoms. The molecular formula is C14H24N2O4. The summed E-state index contributed by atoms with van der Waals surface area (Å²) in [6.45, 7) is 1.40. The van der Waals surface area contributed by atoms with Gasteiger partial charge in [0.25, 0.3) is 0 Å². The van der Waals surface area contributed by atoms with Crippen molar-refractivity contribution in [3.05, 3.63) is 0 Å². The fourth-order valence-electron chi connectivity index (χ4n) is 3.06. The van der Waals surface area contributed by atoms with E-state index in [0.29, 0.717) is 19.6 Å². The molecule has 114 valence electrons. The van der Waals surface area contributed by atoms with Crippen LogP contribution in [0, 0.1) is 5.92 Å². The Labute approximate surface area is 119 Å². The van der Waals surface area contributed by atoms with Gasteiger partial charge < -0.3 is 20.1 Å². The van der Waals surface area contributed by atoms with Gasteiger partial charge in [-0.05, 0) is 32.1 Å². The SMILES string of the molecule is CN(C(=O)NC1CCCC(C(=O)O)C1)C1CCOCC1. The molecule has 2 unspecified atom stereocenters. The second-order valence-electron chi connectivity index (χ2n) is 5.80. The van der Waals surface area contributed by atoms with Crippen molar-refractivity contribution in [2.24, 2.45) is 5.92 Å². The van der Waals surface area contributed by atoms with Crippen LogP contribution in [0.1, 0.15) is 38.5 Å². The number of rotatable bonds is 3. The van der Waals surface area contributed by atoms with Crippen molar-refractivity contribution in [1.82, 2.24) is 10.2 Å². The standard InChI is InChI=1S/C14H24N2O4/c1-16(12-5-7-20-8-6-12)14(19)15-11-4-2-3-10(9-11)13(17)18/h10-12H,2-9H2,1H3,(H,15,19)(H,17,18). The summed E-state index contributed by atoms with van der Waals surface area (Å²) in [6.07, 6.45) is 4.74. The Kier molecular flexibility index (Phi) is 5.23. The molecule has 6 nitrogen and oxygen atoms in total. The first-order valence-electron chi connectivity index (χ1n) is 7.42. The van der Waals surface area contributed by atoms with Crippen molar-refractivity contribution in [1.29, 1.82) is 0 Å². The van der Waals surface area contributed by atoms with Gasteiger partial charge in [-0.1, -0.05) is 6.42 Å². The third-order valence-electron chi connectivity index (χ3n) is 4.41. The number of nitrogens with one attached hydrogen (secondary N) is 1. The van der Waals surface area contributed by atoms with Crippen LogP contribution in [0.25, 0.3) is 0 Å². The number of aliphatic carboxylic acids is 1. The number of carbonyl (C=O) groups excluding carboxylic acids is 1. The average molecular weight is 284 g/mol. The molecule has 0 aromatic carbocycles. The van der Waals surface area contributed by atoms with Crippen molar-refractivity contribution in [2.75, 3.05) is 20.3 Å². The second kappa shape index (κ2) is 6.92. The summed E-state index contributed by atoms with van der Waals surface area (Å²) in [6, 6.07) is 0.121. The number of amides is 2. The molecule has 2 fully saturated rings. The lowest BCUT2D eigenvalue weighted by molar-refractivity contribution is -0.143. The van der Waals surface area contributed by atoms with Gasteiger partial charge in [0.1, 0.15) is 0 Å². The van der Waals surface area contributed by atoms with Gasteiger partial charge in [0.15, 0.2) is 0 Å². The lowest BCUT2D eigenvalue weighted by atomic mass is 9.86. The molecule has 2 N–H and O–H groups in total. The lowest BCUT2D eigenvalue weighted by Gasteiger charge is -2.34. The lowest BCUT2D eigenvalue weighted by Crippen LogP contribution is -2.50. The highest BCUT2D eigenvalue weighted by atomic mass is 16.5. The molecule has 2 aliphatic rings. The maximum absolute atomic E-state index is 12.2. The van der Waals surface area contributed by atoms with Gasteiger partial charge in [0.2, 0.25) is 0 Å². The van der Waals surface area contributed by atoms with Crippen LogP contribution in [-0.2, 0) is 9.53 Å². The summed E-state index contributed by atoms with van der Waals surface area (Å²) in [5.74, 6) is -1.07. The predicted octanol–water partition coefficient (Wildman–Crippen LogP) is 1.45. The van der Waals surface area contributed by atoms with Gasteiger partial charge in [0, 0.05) is 32.3 Å². The molecule has 6 heteroatoms. The van der Waals surface area contributed by atoms with Crippen LogP contribution >= 0.6 is 0 Å². The molecule has 1 aliphatic carbocycles. The first kappa shape index (κ1) is 15.1. The summed E-state index contributed by atoms with van der Waals surface area (Å²) in [7, 11) is 1.81. The van der Waals surface area contributed by atoms with E-state index in [1.165, 1.54) is 0 Å². The Morgan fingerprint density at radius 2 is 1.90 bits per heavy atom. The second-order valence-corrected chi connectivity index (χ2v) is 5.80. The van der Waals surface area contributed by atoms with Crippen molar-refractivity contribution in [3.8, 4) is 0 Å². The average Bonchev–Trinajstić information content (AvgIpc) is 2.47. The Morgan fingerprint density at radius 1 is 1.20 bits per heavy atom. The molecule has 20 heavy (non-hydrogen) atoms. The van der Waals surface area contributed by atoms with Crippen molar-refractivity contribution < 1.29 is 19.4 Å². The van der Waals surface area contributed by atoms with E-state index in [4.69, 9.17) is 9.84 Å². The van der Waals surface area contributed by atoms with Crippen LogP contribution in [0.5, 0.6) is 0 Å². The highest BCUT2D eigenvalue weighted by Crippen LogP contribution is 2.24. The van der Waals surface area contributed by atoms with Crippen LogP contribution in [0.15, 0.2) is 0 Å². The number of carboxylic acid groups (broad SMARTS) is 1. The summed E-state index contributed by atoms with van der Waals surface area (Å²) in [4.78, 5) is 25.0. The maximum atomic E-state index is 12.2. The predicted molar refractivity (Wildman–Crippen MR) is 73.5 cm³/mol. The Balaban J connectivity index is 1.82. The largest absolute Gasteiger partial charge is 0.481 e. The van der Waals surface area contributed by atoms with Crippen LogP contribution in [-0.4, -0.2) is 54.4 Å². The zero-order valence-corrected chi connectivity index (χ0v) is 12.0. The fourth-order valence-corrected chi connectivity index (χ4v) is 3.06. The highest BCUT2D eigenvalue weighted by Gasteiger charge is 2.29. The summed E-state index contributed by atoms with van der Waals surface area (Å²) >= 11 is 0. The summed E-state index contributed by atoms with van der Waals surface area (Å²) < 4.78 is 5.30. The number of carbonyl (C=O) groups is 2. The fraction of sp³-hybridized carbons (Fsp3) is 0.857.